The number of aliphatic carboxylic acids is 2. The van der Waals surface area contributed by atoms with E-state index in [0.29, 0.717) is 25.7 Å². The molecule has 0 radical (unpaired) electrons. The molecule has 4 amide bonds. The van der Waals surface area contributed by atoms with E-state index >= 15 is 0 Å². The molecule has 3 rings (SSSR count). The third-order valence-corrected chi connectivity index (χ3v) is 7.33. The van der Waals surface area contributed by atoms with Crippen LogP contribution in [-0.2, 0) is 73.6 Å². The average Bonchev–Trinajstić information content (AvgIpc) is 3.23. The molecule has 4 unspecified atom stereocenters. The van der Waals surface area contributed by atoms with Gasteiger partial charge in [0.15, 0.2) is 0 Å². The smallest absolute Gasteiger partial charge is 0.408 e. The molecule has 346 valence electrons. The molecule has 0 heterocycles. The molecule has 0 saturated heterocycles. The molecule has 0 aliphatic carbocycles. The van der Waals surface area contributed by atoms with Gasteiger partial charge in [-0.3, -0.25) is 14.4 Å². The second-order valence-corrected chi connectivity index (χ2v) is 12.2. The first-order valence-corrected chi connectivity index (χ1v) is 18.7. The topological polar surface area (TPSA) is 316 Å². The average molecular weight is 973 g/mol. The molecule has 0 bridgehead atoms. The fourth-order valence-corrected chi connectivity index (χ4v) is 3.67. The Balaban J connectivity index is -0.000000226. The van der Waals surface area contributed by atoms with Gasteiger partial charge in [-0.2, -0.15) is 0 Å². The van der Waals surface area contributed by atoms with Crippen molar-refractivity contribution in [1.29, 1.82) is 0 Å². The second kappa shape index (κ2) is 38.6. The van der Waals surface area contributed by atoms with E-state index in [1.54, 1.807) is 20.8 Å². The van der Waals surface area contributed by atoms with E-state index in [-0.39, 0.29) is 49.1 Å². The molecule has 0 fully saturated rings. The number of nitrogens with one attached hydrogen (secondary N) is 2. The molecule has 0 aliphatic rings. The number of hydrogen-bond acceptors (Lipinski definition) is 12. The molecule has 3 aromatic rings. The van der Waals surface area contributed by atoms with Crippen molar-refractivity contribution in [2.45, 2.75) is 97.4 Å². The quantitative estimate of drug-likeness (QED) is 0.0395. The summed E-state index contributed by atoms with van der Waals surface area (Å²) in [6.45, 7) is 7.52. The molecule has 61 heavy (non-hydrogen) atoms. The molecule has 0 saturated carbocycles. The summed E-state index contributed by atoms with van der Waals surface area (Å²) in [4.78, 5) is 74.2. The molecule has 4 atom stereocenters. The largest absolute Gasteiger partial charge is 0.480 e. The fraction of sp³-hybridized carbons (Fsp3) is 0.366. The Hall–Kier alpha value is -5.58. The zero-order valence-electron chi connectivity index (χ0n) is 34.9. The number of carboxylic acids is 2. The predicted molar refractivity (Wildman–Crippen MR) is 229 cm³/mol. The summed E-state index contributed by atoms with van der Waals surface area (Å²) in [6, 6.07) is 25.1. The van der Waals surface area contributed by atoms with Gasteiger partial charge in [0.25, 0.3) is 0 Å². The second-order valence-electron chi connectivity index (χ2n) is 11.9. The van der Waals surface area contributed by atoms with Crippen LogP contribution in [-0.4, -0.2) is 75.7 Å². The number of halogens is 1. The SMILES string of the molecule is CCC(N)C(=O)O.CCC(N)C(N)=O.CCC(NC(=O)OCc1ccccc1)C(=O)O.CCC(NC(=O)OCc1ccccc1)C(N)=O.O=C(Cl)OCc1ccccc1.[CH3-].[HH].[Pd]. The normalized spacial score (nSPS) is 11.2. The monoisotopic (exact) mass is 971 g/mol. The van der Waals surface area contributed by atoms with Crippen LogP contribution in [0.5, 0.6) is 0 Å². The maximum atomic E-state index is 11.3. The first-order chi connectivity index (χ1) is 27.9. The van der Waals surface area contributed by atoms with Gasteiger partial charge in [0, 0.05) is 33.5 Å². The van der Waals surface area contributed by atoms with E-state index in [1.165, 1.54) is 0 Å². The van der Waals surface area contributed by atoms with E-state index in [1.807, 2.05) is 97.9 Å². The van der Waals surface area contributed by atoms with Gasteiger partial charge in [0.05, 0.1) is 6.04 Å². The summed E-state index contributed by atoms with van der Waals surface area (Å²) in [5, 5.41) is 21.5. The van der Waals surface area contributed by atoms with Crippen LogP contribution in [0.15, 0.2) is 91.0 Å². The van der Waals surface area contributed by atoms with Crippen LogP contribution in [0.2, 0.25) is 0 Å². The first kappa shape index (κ1) is 62.1. The van der Waals surface area contributed by atoms with Crippen LogP contribution in [0.25, 0.3) is 0 Å². The third kappa shape index (κ3) is 34.9. The number of ether oxygens (including phenoxy) is 3. The summed E-state index contributed by atoms with van der Waals surface area (Å²) in [5.74, 6) is -2.99. The summed E-state index contributed by atoms with van der Waals surface area (Å²) >= 11 is 4.97. The van der Waals surface area contributed by atoms with Crippen LogP contribution >= 0.6 is 11.6 Å². The van der Waals surface area contributed by atoms with E-state index in [0.717, 1.165) is 16.7 Å². The zero-order chi connectivity index (χ0) is 45.2. The molecular weight excluding hydrogens is 910 g/mol. The number of carboxylic acid groups (broad SMARTS) is 2. The molecule has 0 spiro atoms. The Morgan fingerprint density at radius 2 is 0.885 bits per heavy atom. The van der Waals surface area contributed by atoms with Gasteiger partial charge in [0.1, 0.15) is 37.9 Å². The Bertz CT molecular complexity index is 1580. The third-order valence-electron chi connectivity index (χ3n) is 7.23. The van der Waals surface area contributed by atoms with Crippen LogP contribution in [0.4, 0.5) is 14.4 Å². The van der Waals surface area contributed by atoms with Crippen molar-refractivity contribution in [2.75, 3.05) is 0 Å². The standard InChI is InChI=1S/C12H16N2O3.C12H15NO4.C8H7ClO2.C4H10N2O.C4H9NO2.CH3.Pd.H2/c1-2-10(11(13)15)14-12(16)17-8-9-6-4-3-5-7-9;1-2-10(11(14)15)13-12(16)17-8-9-6-4-3-5-7-9;9-8(10)11-6-7-4-2-1-3-5-7;2*1-2-3(5)4(6)7;;;/h3-7,10H,2,8H2,1H3,(H2,13,15)(H,14,16);3-7,10H,2,8H2,1H3,(H,13,16)(H,14,15);1-5H,6H2;3H,2,5H2,1H3,(H2,6,7);3H,2,5H2,1H3,(H,6,7);1H3;;1H/q;;;;;-1;;. The molecular formula is C41H62ClN6O12Pd-. The molecule has 3 aromatic carbocycles. The number of primary amides is 2. The van der Waals surface area contributed by atoms with Crippen molar-refractivity contribution >= 4 is 53.0 Å². The van der Waals surface area contributed by atoms with Gasteiger partial charge in [-0.25, -0.2) is 19.2 Å². The first-order valence-electron chi connectivity index (χ1n) is 18.3. The summed E-state index contributed by atoms with van der Waals surface area (Å²) < 4.78 is 14.4. The summed E-state index contributed by atoms with van der Waals surface area (Å²) in [7, 11) is 0. The molecule has 12 N–H and O–H groups in total. The minimum Gasteiger partial charge on any atom is -0.480 e. The number of hydrogen-bond donors (Lipinski definition) is 8. The van der Waals surface area contributed by atoms with Gasteiger partial charge >= 0.3 is 29.6 Å². The Morgan fingerprint density at radius 3 is 1.10 bits per heavy atom. The maximum Gasteiger partial charge on any atom is 0.408 e. The number of carbonyl (C=O) groups is 7. The van der Waals surface area contributed by atoms with Crippen molar-refractivity contribution < 1.29 is 79.8 Å². The predicted octanol–water partition coefficient (Wildman–Crippen LogP) is 5.23. The van der Waals surface area contributed by atoms with E-state index in [9.17, 15) is 33.6 Å². The van der Waals surface area contributed by atoms with Crippen LogP contribution in [0.3, 0.4) is 0 Å². The van der Waals surface area contributed by atoms with Crippen LogP contribution in [0.1, 0.15) is 71.5 Å². The van der Waals surface area contributed by atoms with Gasteiger partial charge in [-0.15, -0.1) is 0 Å². The number of amides is 4. The number of carbonyl (C=O) groups excluding carboxylic acids is 5. The Kier molecular flexibility index (Phi) is 39.3. The van der Waals surface area contributed by atoms with Gasteiger partial charge in [-0.1, -0.05) is 119 Å². The fourth-order valence-electron chi connectivity index (χ4n) is 3.62. The van der Waals surface area contributed by atoms with Gasteiger partial charge in [0.2, 0.25) is 11.8 Å². The Morgan fingerprint density at radius 1 is 0.557 bits per heavy atom. The number of benzene rings is 3. The van der Waals surface area contributed by atoms with E-state index in [4.69, 9.17) is 54.2 Å². The van der Waals surface area contributed by atoms with Gasteiger partial charge in [-0.05, 0) is 42.4 Å². The zero-order valence-corrected chi connectivity index (χ0v) is 37.2. The minimum absolute atomic E-state index is 0. The van der Waals surface area contributed by atoms with Crippen molar-refractivity contribution in [3.05, 3.63) is 115 Å². The van der Waals surface area contributed by atoms with E-state index < -0.39 is 65.5 Å². The Labute approximate surface area is 377 Å². The van der Waals surface area contributed by atoms with Crippen molar-refractivity contribution in [1.82, 2.24) is 10.6 Å². The van der Waals surface area contributed by atoms with Crippen LogP contribution < -0.4 is 33.6 Å². The summed E-state index contributed by atoms with van der Waals surface area (Å²) in [5.41, 5.74) is 21.9. The number of nitrogens with two attached hydrogens (primary N) is 4. The summed E-state index contributed by atoms with van der Waals surface area (Å²) in [6.07, 6.45) is 0.513. The van der Waals surface area contributed by atoms with Crippen LogP contribution in [0, 0.1) is 7.43 Å². The van der Waals surface area contributed by atoms with Gasteiger partial charge < -0.3 is 65.4 Å². The molecule has 18 nitrogen and oxygen atoms in total. The number of alkyl carbamates (subject to hydrolysis) is 2. The molecule has 0 aromatic heterocycles. The van der Waals surface area contributed by atoms with Crippen molar-refractivity contribution in [3.8, 4) is 0 Å². The van der Waals surface area contributed by atoms with E-state index in [2.05, 4.69) is 15.4 Å². The molecule has 0 aliphatic heterocycles. The maximum absolute atomic E-state index is 11.3. The minimum atomic E-state index is -1.07. The van der Waals surface area contributed by atoms with Crippen molar-refractivity contribution in [2.24, 2.45) is 22.9 Å². The van der Waals surface area contributed by atoms with Crippen molar-refractivity contribution in [3.63, 3.8) is 0 Å². The molecule has 20 heteroatoms. The number of rotatable bonds is 16.